The molecule has 1 aliphatic rings. The molecule has 7 heteroatoms. The van der Waals surface area contributed by atoms with Crippen molar-refractivity contribution in [2.75, 3.05) is 6.54 Å². The summed E-state index contributed by atoms with van der Waals surface area (Å²) in [4.78, 5) is 20.6. The van der Waals surface area contributed by atoms with Crippen LogP contribution < -0.4 is 5.32 Å². The van der Waals surface area contributed by atoms with Crippen molar-refractivity contribution in [2.24, 2.45) is 0 Å². The molecule has 0 spiro atoms. The molecule has 2 N–H and O–H groups in total. The minimum absolute atomic E-state index is 0.122. The molecular weight excluding hydrogens is 294 g/mol. The molecule has 7 nitrogen and oxygen atoms in total. The van der Waals surface area contributed by atoms with Crippen LogP contribution >= 0.6 is 0 Å². The zero-order valence-corrected chi connectivity index (χ0v) is 12.1. The van der Waals surface area contributed by atoms with Gasteiger partial charge in [0.2, 0.25) is 0 Å². The second-order valence-electron chi connectivity index (χ2n) is 5.21. The Morgan fingerprint density at radius 1 is 1.13 bits per heavy atom. The van der Waals surface area contributed by atoms with Gasteiger partial charge >= 0.3 is 0 Å². The molecule has 3 heterocycles. The van der Waals surface area contributed by atoms with Crippen LogP contribution in [-0.2, 0) is 6.54 Å². The molecule has 4 rings (SSSR count). The van der Waals surface area contributed by atoms with E-state index in [2.05, 4.69) is 20.4 Å². The maximum absolute atomic E-state index is 11.8. The number of aromatic hydroxyl groups is 1. The van der Waals surface area contributed by atoms with Crippen molar-refractivity contribution in [3.05, 3.63) is 48.3 Å². The number of amides is 1. The molecule has 1 aliphatic heterocycles. The van der Waals surface area contributed by atoms with Gasteiger partial charge in [0, 0.05) is 18.3 Å². The van der Waals surface area contributed by atoms with Gasteiger partial charge in [0.25, 0.3) is 5.91 Å². The standard InChI is InChI=1S/C16H13N5O2/c22-11-3-1-10(2-4-11)15-17-6-5-12(19-15)13-9-14-16(23)18-7-8-21(14)20-13/h1-6,9,22H,7-8H2,(H,18,23). The summed E-state index contributed by atoms with van der Waals surface area (Å²) in [5, 5.41) is 16.6. The number of hydrogen-bond acceptors (Lipinski definition) is 5. The van der Waals surface area contributed by atoms with Crippen LogP contribution in [0.15, 0.2) is 42.6 Å². The number of nitrogens with one attached hydrogen (secondary N) is 1. The van der Waals surface area contributed by atoms with Crippen molar-refractivity contribution in [3.63, 3.8) is 0 Å². The van der Waals surface area contributed by atoms with Gasteiger partial charge in [-0.15, -0.1) is 0 Å². The fourth-order valence-electron chi connectivity index (χ4n) is 2.51. The fraction of sp³-hybridized carbons (Fsp3) is 0.125. The molecule has 3 aromatic rings. The first-order valence-electron chi connectivity index (χ1n) is 7.19. The number of benzene rings is 1. The third-order valence-electron chi connectivity index (χ3n) is 3.67. The van der Waals surface area contributed by atoms with Crippen molar-refractivity contribution >= 4 is 5.91 Å². The molecule has 23 heavy (non-hydrogen) atoms. The summed E-state index contributed by atoms with van der Waals surface area (Å²) >= 11 is 0. The van der Waals surface area contributed by atoms with Crippen LogP contribution in [0.1, 0.15) is 10.5 Å². The van der Waals surface area contributed by atoms with E-state index in [0.29, 0.717) is 36.0 Å². The Bertz CT molecular complexity index is 886. The molecule has 2 aromatic heterocycles. The van der Waals surface area contributed by atoms with Gasteiger partial charge in [0.1, 0.15) is 17.1 Å². The summed E-state index contributed by atoms with van der Waals surface area (Å²) in [6.07, 6.45) is 1.66. The number of aromatic nitrogens is 4. The summed E-state index contributed by atoms with van der Waals surface area (Å²) in [5.41, 5.74) is 2.62. The summed E-state index contributed by atoms with van der Waals surface area (Å²) in [7, 11) is 0. The number of fused-ring (bicyclic) bond motifs is 1. The van der Waals surface area contributed by atoms with Gasteiger partial charge in [0.05, 0.1) is 12.2 Å². The zero-order valence-electron chi connectivity index (χ0n) is 12.1. The van der Waals surface area contributed by atoms with Crippen LogP contribution in [0.4, 0.5) is 0 Å². The molecule has 0 aliphatic carbocycles. The Labute approximate surface area is 131 Å². The summed E-state index contributed by atoms with van der Waals surface area (Å²) < 4.78 is 1.69. The van der Waals surface area contributed by atoms with Gasteiger partial charge in [-0.3, -0.25) is 9.48 Å². The lowest BCUT2D eigenvalue weighted by molar-refractivity contribution is 0.0924. The summed E-state index contributed by atoms with van der Waals surface area (Å²) in [5.74, 6) is 0.610. The Balaban J connectivity index is 1.74. The van der Waals surface area contributed by atoms with E-state index in [1.807, 2.05) is 0 Å². The molecule has 0 unspecified atom stereocenters. The number of phenols is 1. The summed E-state index contributed by atoms with van der Waals surface area (Å²) in [6, 6.07) is 10.2. The van der Waals surface area contributed by atoms with Gasteiger partial charge < -0.3 is 10.4 Å². The fourth-order valence-corrected chi connectivity index (χ4v) is 2.51. The normalized spacial score (nSPS) is 13.5. The highest BCUT2D eigenvalue weighted by Crippen LogP contribution is 2.22. The molecule has 114 valence electrons. The SMILES string of the molecule is O=C1NCCn2nc(-c3ccnc(-c4ccc(O)cc4)n3)cc21. The number of phenolic OH excluding ortho intramolecular Hbond substituents is 1. The van der Waals surface area contributed by atoms with Crippen LogP contribution in [0.2, 0.25) is 0 Å². The third-order valence-corrected chi connectivity index (χ3v) is 3.67. The first kappa shape index (κ1) is 13.4. The lowest BCUT2D eigenvalue weighted by Gasteiger charge is -2.13. The summed E-state index contributed by atoms with van der Waals surface area (Å²) in [6.45, 7) is 1.23. The quantitative estimate of drug-likeness (QED) is 0.747. The van der Waals surface area contributed by atoms with Crippen LogP contribution in [0.5, 0.6) is 5.75 Å². The van der Waals surface area contributed by atoms with E-state index in [9.17, 15) is 9.90 Å². The highest BCUT2D eigenvalue weighted by molar-refractivity contribution is 5.94. The van der Waals surface area contributed by atoms with E-state index in [4.69, 9.17) is 0 Å². The number of carbonyl (C=O) groups is 1. The lowest BCUT2D eigenvalue weighted by Crippen LogP contribution is -2.35. The maximum Gasteiger partial charge on any atom is 0.269 e. The van der Waals surface area contributed by atoms with Gasteiger partial charge in [-0.25, -0.2) is 9.97 Å². The van der Waals surface area contributed by atoms with E-state index in [1.54, 1.807) is 47.3 Å². The van der Waals surface area contributed by atoms with E-state index >= 15 is 0 Å². The molecule has 1 aromatic carbocycles. The average molecular weight is 307 g/mol. The molecule has 0 fully saturated rings. The number of rotatable bonds is 2. The lowest BCUT2D eigenvalue weighted by atomic mass is 10.2. The van der Waals surface area contributed by atoms with Gasteiger partial charge in [-0.1, -0.05) is 0 Å². The molecule has 0 radical (unpaired) electrons. The Hall–Kier alpha value is -3.22. The Kier molecular flexibility index (Phi) is 3.04. The molecular formula is C16H13N5O2. The van der Waals surface area contributed by atoms with Crippen molar-refractivity contribution in [1.82, 2.24) is 25.1 Å². The van der Waals surface area contributed by atoms with Crippen molar-refractivity contribution in [3.8, 4) is 28.5 Å². The van der Waals surface area contributed by atoms with Crippen LogP contribution in [0.3, 0.4) is 0 Å². The second-order valence-corrected chi connectivity index (χ2v) is 5.21. The van der Waals surface area contributed by atoms with Crippen molar-refractivity contribution in [1.29, 1.82) is 0 Å². The Morgan fingerprint density at radius 2 is 1.96 bits per heavy atom. The highest BCUT2D eigenvalue weighted by atomic mass is 16.3. The molecule has 0 saturated heterocycles. The molecule has 1 amide bonds. The number of carbonyl (C=O) groups excluding carboxylic acids is 1. The minimum Gasteiger partial charge on any atom is -0.508 e. The highest BCUT2D eigenvalue weighted by Gasteiger charge is 2.20. The number of nitrogens with zero attached hydrogens (tertiary/aromatic N) is 4. The molecule has 0 saturated carbocycles. The van der Waals surface area contributed by atoms with Gasteiger partial charge in [-0.05, 0) is 36.4 Å². The van der Waals surface area contributed by atoms with E-state index in [-0.39, 0.29) is 11.7 Å². The Morgan fingerprint density at radius 3 is 2.74 bits per heavy atom. The molecule has 0 atom stereocenters. The smallest absolute Gasteiger partial charge is 0.269 e. The first-order chi connectivity index (χ1) is 11.2. The average Bonchev–Trinajstić information content (AvgIpc) is 3.01. The van der Waals surface area contributed by atoms with Crippen LogP contribution in [-0.4, -0.2) is 37.3 Å². The van der Waals surface area contributed by atoms with Gasteiger partial charge in [0.15, 0.2) is 5.82 Å². The molecule has 0 bridgehead atoms. The second kappa shape index (κ2) is 5.20. The van der Waals surface area contributed by atoms with E-state index < -0.39 is 0 Å². The zero-order chi connectivity index (χ0) is 15.8. The predicted octanol–water partition coefficient (Wildman–Crippen LogP) is 1.46. The van der Waals surface area contributed by atoms with E-state index in [1.165, 1.54) is 0 Å². The van der Waals surface area contributed by atoms with Crippen LogP contribution in [0, 0.1) is 0 Å². The monoisotopic (exact) mass is 307 g/mol. The predicted molar refractivity (Wildman–Crippen MR) is 82.7 cm³/mol. The van der Waals surface area contributed by atoms with Crippen molar-refractivity contribution < 1.29 is 9.90 Å². The van der Waals surface area contributed by atoms with Gasteiger partial charge in [-0.2, -0.15) is 5.10 Å². The minimum atomic E-state index is -0.122. The third kappa shape index (κ3) is 2.42. The topological polar surface area (TPSA) is 92.9 Å². The maximum atomic E-state index is 11.8. The number of hydrogen-bond donors (Lipinski definition) is 2. The van der Waals surface area contributed by atoms with E-state index in [0.717, 1.165) is 5.56 Å². The largest absolute Gasteiger partial charge is 0.508 e. The van der Waals surface area contributed by atoms with Crippen LogP contribution in [0.25, 0.3) is 22.8 Å². The first-order valence-corrected chi connectivity index (χ1v) is 7.19. The van der Waals surface area contributed by atoms with Crippen molar-refractivity contribution in [2.45, 2.75) is 6.54 Å².